The predicted octanol–water partition coefficient (Wildman–Crippen LogP) is 3.23. The average Bonchev–Trinajstić information content (AvgIpc) is 2.90. The normalized spacial score (nSPS) is 14.2. The highest BCUT2D eigenvalue weighted by Gasteiger charge is 2.19. The van der Waals surface area contributed by atoms with Crippen LogP contribution in [-0.2, 0) is 6.54 Å². The summed E-state index contributed by atoms with van der Waals surface area (Å²) in [6, 6.07) is 14.3. The average molecular weight is 265 g/mol. The standard InChI is InChI=1S/C16H15N3O/c1-11-6-7-15-12(8-11)9-19(10-20-15)16-17-13-4-2-3-5-14(13)18-16/h2-8H,9-10H2,1H3,(H,17,18). The monoisotopic (exact) mass is 265 g/mol. The van der Waals surface area contributed by atoms with Crippen molar-refractivity contribution < 1.29 is 4.74 Å². The van der Waals surface area contributed by atoms with Gasteiger partial charge in [0.05, 0.1) is 17.6 Å². The Kier molecular flexibility index (Phi) is 2.42. The Bertz CT molecular complexity index is 745. The topological polar surface area (TPSA) is 41.2 Å². The molecule has 4 heteroatoms. The quantitative estimate of drug-likeness (QED) is 0.734. The van der Waals surface area contributed by atoms with Crippen LogP contribution in [0.15, 0.2) is 42.5 Å². The number of benzene rings is 2. The fraction of sp³-hybridized carbons (Fsp3) is 0.188. The molecule has 4 rings (SSSR count). The van der Waals surface area contributed by atoms with Crippen molar-refractivity contribution in [3.05, 3.63) is 53.6 Å². The second-order valence-corrected chi connectivity index (χ2v) is 5.16. The van der Waals surface area contributed by atoms with Crippen molar-refractivity contribution >= 4 is 17.0 Å². The molecule has 100 valence electrons. The smallest absolute Gasteiger partial charge is 0.206 e. The van der Waals surface area contributed by atoms with Crippen LogP contribution >= 0.6 is 0 Å². The van der Waals surface area contributed by atoms with Crippen LogP contribution in [-0.4, -0.2) is 16.7 Å². The second-order valence-electron chi connectivity index (χ2n) is 5.16. The van der Waals surface area contributed by atoms with Gasteiger partial charge in [0.1, 0.15) is 5.75 Å². The van der Waals surface area contributed by atoms with Gasteiger partial charge in [0, 0.05) is 5.56 Å². The van der Waals surface area contributed by atoms with Gasteiger partial charge < -0.3 is 14.6 Å². The van der Waals surface area contributed by atoms with Gasteiger partial charge in [0.2, 0.25) is 5.95 Å². The molecule has 0 saturated carbocycles. The molecule has 1 aliphatic rings. The van der Waals surface area contributed by atoms with Crippen molar-refractivity contribution in [1.29, 1.82) is 0 Å². The maximum atomic E-state index is 5.81. The van der Waals surface area contributed by atoms with Crippen LogP contribution in [0.4, 0.5) is 5.95 Å². The minimum absolute atomic E-state index is 0.524. The van der Waals surface area contributed by atoms with E-state index in [9.17, 15) is 0 Å². The van der Waals surface area contributed by atoms with Crippen molar-refractivity contribution in [2.75, 3.05) is 11.6 Å². The van der Waals surface area contributed by atoms with Crippen LogP contribution < -0.4 is 9.64 Å². The lowest BCUT2D eigenvalue weighted by Gasteiger charge is -2.28. The Morgan fingerprint density at radius 2 is 2.10 bits per heavy atom. The largest absolute Gasteiger partial charge is 0.473 e. The maximum Gasteiger partial charge on any atom is 0.206 e. The molecule has 1 aliphatic heterocycles. The van der Waals surface area contributed by atoms with Gasteiger partial charge in [0.15, 0.2) is 6.73 Å². The number of fused-ring (bicyclic) bond motifs is 2. The summed E-state index contributed by atoms with van der Waals surface area (Å²) in [6.45, 7) is 3.44. The number of anilines is 1. The summed E-state index contributed by atoms with van der Waals surface area (Å²) >= 11 is 0. The van der Waals surface area contributed by atoms with Gasteiger partial charge in [-0.25, -0.2) is 4.98 Å². The fourth-order valence-corrected chi connectivity index (χ4v) is 2.60. The summed E-state index contributed by atoms with van der Waals surface area (Å²) in [5.41, 5.74) is 4.49. The molecule has 4 nitrogen and oxygen atoms in total. The van der Waals surface area contributed by atoms with E-state index in [0.717, 1.165) is 29.3 Å². The third-order valence-corrected chi connectivity index (χ3v) is 3.63. The molecule has 0 fully saturated rings. The first-order chi connectivity index (χ1) is 9.79. The lowest BCUT2D eigenvalue weighted by atomic mass is 10.1. The molecule has 0 amide bonds. The molecule has 0 atom stereocenters. The summed E-state index contributed by atoms with van der Waals surface area (Å²) in [4.78, 5) is 10.1. The first-order valence-corrected chi connectivity index (χ1v) is 6.72. The van der Waals surface area contributed by atoms with E-state index in [2.05, 4.69) is 33.9 Å². The summed E-state index contributed by atoms with van der Waals surface area (Å²) in [5.74, 6) is 1.83. The number of hydrogen-bond donors (Lipinski definition) is 1. The molecule has 20 heavy (non-hydrogen) atoms. The Hall–Kier alpha value is -2.49. The summed E-state index contributed by atoms with van der Waals surface area (Å²) in [7, 11) is 0. The fourth-order valence-electron chi connectivity index (χ4n) is 2.60. The minimum Gasteiger partial charge on any atom is -0.473 e. The molecule has 0 unspecified atom stereocenters. The summed E-state index contributed by atoms with van der Waals surface area (Å²) < 4.78 is 5.81. The van der Waals surface area contributed by atoms with Gasteiger partial charge in [-0.3, -0.25) is 0 Å². The second kappa shape index (κ2) is 4.27. The molecule has 0 spiro atoms. The molecule has 2 aromatic carbocycles. The lowest BCUT2D eigenvalue weighted by Crippen LogP contribution is -2.32. The number of hydrogen-bond acceptors (Lipinski definition) is 3. The van der Waals surface area contributed by atoms with Crippen molar-refractivity contribution in [2.45, 2.75) is 13.5 Å². The highest BCUT2D eigenvalue weighted by atomic mass is 16.5. The minimum atomic E-state index is 0.524. The third kappa shape index (κ3) is 1.81. The Morgan fingerprint density at radius 1 is 1.20 bits per heavy atom. The van der Waals surface area contributed by atoms with E-state index in [1.165, 1.54) is 11.1 Å². The van der Waals surface area contributed by atoms with Gasteiger partial charge in [-0.05, 0) is 25.1 Å². The molecule has 0 radical (unpaired) electrons. The highest BCUT2D eigenvalue weighted by molar-refractivity contribution is 5.77. The van der Waals surface area contributed by atoms with Gasteiger partial charge in [-0.1, -0.05) is 29.8 Å². The Balaban J connectivity index is 1.70. The first-order valence-electron chi connectivity index (χ1n) is 6.72. The van der Waals surface area contributed by atoms with E-state index in [1.807, 2.05) is 30.3 Å². The van der Waals surface area contributed by atoms with Gasteiger partial charge in [-0.2, -0.15) is 0 Å². The van der Waals surface area contributed by atoms with E-state index in [4.69, 9.17) is 4.74 Å². The van der Waals surface area contributed by atoms with Crippen LogP contribution in [0.2, 0.25) is 0 Å². The SMILES string of the molecule is Cc1ccc2c(c1)CN(c1nc3ccccc3[nH]1)CO2. The molecule has 1 N–H and O–H groups in total. The van der Waals surface area contributed by atoms with Crippen LogP contribution in [0, 0.1) is 6.92 Å². The van der Waals surface area contributed by atoms with Gasteiger partial charge in [0.25, 0.3) is 0 Å². The molecule has 1 aromatic heterocycles. The number of H-pyrrole nitrogens is 1. The van der Waals surface area contributed by atoms with E-state index >= 15 is 0 Å². The zero-order valence-electron chi connectivity index (χ0n) is 11.3. The number of nitrogens with zero attached hydrogens (tertiary/aromatic N) is 2. The van der Waals surface area contributed by atoms with E-state index in [-0.39, 0.29) is 0 Å². The molecule has 2 heterocycles. The van der Waals surface area contributed by atoms with Crippen LogP contribution in [0.5, 0.6) is 5.75 Å². The van der Waals surface area contributed by atoms with Gasteiger partial charge in [-0.15, -0.1) is 0 Å². The van der Waals surface area contributed by atoms with Crippen molar-refractivity contribution in [1.82, 2.24) is 9.97 Å². The summed E-state index contributed by atoms with van der Waals surface area (Å²) in [6.07, 6.45) is 0. The maximum absolute atomic E-state index is 5.81. The summed E-state index contributed by atoms with van der Waals surface area (Å²) in [5, 5.41) is 0. The molecular weight excluding hydrogens is 250 g/mol. The lowest BCUT2D eigenvalue weighted by molar-refractivity contribution is 0.287. The Labute approximate surface area is 117 Å². The van der Waals surface area contributed by atoms with Crippen LogP contribution in [0.1, 0.15) is 11.1 Å². The van der Waals surface area contributed by atoms with Gasteiger partial charge >= 0.3 is 0 Å². The van der Waals surface area contributed by atoms with E-state index in [0.29, 0.717) is 6.73 Å². The van der Waals surface area contributed by atoms with Crippen LogP contribution in [0.25, 0.3) is 11.0 Å². The van der Waals surface area contributed by atoms with E-state index in [1.54, 1.807) is 0 Å². The van der Waals surface area contributed by atoms with Crippen molar-refractivity contribution in [3.63, 3.8) is 0 Å². The van der Waals surface area contributed by atoms with Crippen molar-refractivity contribution in [2.24, 2.45) is 0 Å². The Morgan fingerprint density at radius 3 is 3.00 bits per heavy atom. The number of imidazole rings is 1. The van der Waals surface area contributed by atoms with Crippen molar-refractivity contribution in [3.8, 4) is 5.75 Å². The first kappa shape index (κ1) is 11.3. The molecule has 0 bridgehead atoms. The molecule has 0 saturated heterocycles. The number of aromatic amines is 1. The zero-order chi connectivity index (χ0) is 13.5. The number of aryl methyl sites for hydroxylation is 1. The number of rotatable bonds is 1. The molecule has 3 aromatic rings. The van der Waals surface area contributed by atoms with Crippen LogP contribution in [0.3, 0.4) is 0 Å². The zero-order valence-corrected chi connectivity index (χ0v) is 11.3. The highest BCUT2D eigenvalue weighted by Crippen LogP contribution is 2.28. The number of aromatic nitrogens is 2. The predicted molar refractivity (Wildman–Crippen MR) is 79.0 cm³/mol. The number of ether oxygens (including phenoxy) is 1. The molecular formula is C16H15N3O. The molecule has 0 aliphatic carbocycles. The number of para-hydroxylation sites is 2. The third-order valence-electron chi connectivity index (χ3n) is 3.63. The van der Waals surface area contributed by atoms with E-state index < -0.39 is 0 Å². The number of nitrogens with one attached hydrogen (secondary N) is 1.